The van der Waals surface area contributed by atoms with Gasteiger partial charge in [-0.15, -0.1) is 0 Å². The molecule has 1 rings (SSSR count). The number of aromatic hydroxyl groups is 1. The number of halogens is 1. The van der Waals surface area contributed by atoms with Crippen LogP contribution >= 0.6 is 15.9 Å². The Labute approximate surface area is 123 Å². The second kappa shape index (κ2) is 6.94. The summed E-state index contributed by atoms with van der Waals surface area (Å²) in [6, 6.07) is 6.78. The molecule has 0 spiro atoms. The third-order valence-electron chi connectivity index (χ3n) is 2.63. The molecule has 0 saturated heterocycles. The number of nitrogens with one attached hydrogen (secondary N) is 1. The topological polar surface area (TPSA) is 49.3 Å². The van der Waals surface area contributed by atoms with Crippen LogP contribution < -0.4 is 5.32 Å². The predicted molar refractivity (Wildman–Crippen MR) is 81.6 cm³/mol. The van der Waals surface area contributed by atoms with Crippen LogP contribution in [0, 0.1) is 5.41 Å². The first-order valence-corrected chi connectivity index (χ1v) is 7.36. The normalized spacial score (nSPS) is 13.1. The summed E-state index contributed by atoms with van der Waals surface area (Å²) >= 11 is 3.58. The summed E-state index contributed by atoms with van der Waals surface area (Å²) in [5.74, 6) is 0.167. The van der Waals surface area contributed by atoms with Gasteiger partial charge >= 0.3 is 0 Å². The van der Waals surface area contributed by atoms with E-state index in [1.807, 2.05) is 6.07 Å². The van der Waals surface area contributed by atoms with Crippen LogP contribution in [0.4, 0.5) is 0 Å². The minimum Gasteiger partial charge on any atom is -0.508 e. The van der Waals surface area contributed by atoms with Crippen molar-refractivity contribution in [2.75, 3.05) is 6.54 Å². The molecular weight excluding hydrogens is 306 g/mol. The maximum atomic E-state index is 11.8. The van der Waals surface area contributed by atoms with Crippen molar-refractivity contribution in [3.05, 3.63) is 29.8 Å². The van der Waals surface area contributed by atoms with Crippen LogP contribution in [-0.4, -0.2) is 22.4 Å². The Hall–Kier alpha value is -1.03. The highest BCUT2D eigenvalue weighted by molar-refractivity contribution is 9.09. The average molecular weight is 328 g/mol. The lowest BCUT2D eigenvalue weighted by atomic mass is 9.90. The molecule has 1 atom stereocenters. The Morgan fingerprint density at radius 2 is 2.11 bits per heavy atom. The molecule has 0 saturated carbocycles. The summed E-state index contributed by atoms with van der Waals surface area (Å²) in [6.07, 6.45) is 1.29. The van der Waals surface area contributed by atoms with Crippen LogP contribution in [0.3, 0.4) is 0 Å². The van der Waals surface area contributed by atoms with Gasteiger partial charge in [0.25, 0.3) is 0 Å². The second-order valence-corrected chi connectivity index (χ2v) is 7.31. The van der Waals surface area contributed by atoms with E-state index in [0.717, 1.165) is 12.0 Å². The lowest BCUT2D eigenvalue weighted by Gasteiger charge is -2.22. The molecule has 19 heavy (non-hydrogen) atoms. The minimum absolute atomic E-state index is 0.0241. The molecule has 0 bridgehead atoms. The van der Waals surface area contributed by atoms with Gasteiger partial charge in [-0.25, -0.2) is 0 Å². The van der Waals surface area contributed by atoms with Gasteiger partial charge in [0.05, 0.1) is 6.42 Å². The van der Waals surface area contributed by atoms with Gasteiger partial charge in [-0.1, -0.05) is 48.8 Å². The highest BCUT2D eigenvalue weighted by Crippen LogP contribution is 2.24. The zero-order valence-corrected chi connectivity index (χ0v) is 13.3. The first-order chi connectivity index (χ1) is 8.76. The van der Waals surface area contributed by atoms with Gasteiger partial charge < -0.3 is 10.4 Å². The quantitative estimate of drug-likeness (QED) is 0.815. The van der Waals surface area contributed by atoms with Crippen LogP contribution in [-0.2, 0) is 11.2 Å². The monoisotopic (exact) mass is 327 g/mol. The first-order valence-electron chi connectivity index (χ1n) is 6.45. The molecule has 1 amide bonds. The number of carbonyl (C=O) groups is 1. The first kappa shape index (κ1) is 16.0. The van der Waals surface area contributed by atoms with E-state index < -0.39 is 0 Å². The van der Waals surface area contributed by atoms with Crippen molar-refractivity contribution in [3.63, 3.8) is 0 Å². The fourth-order valence-electron chi connectivity index (χ4n) is 1.88. The van der Waals surface area contributed by atoms with Gasteiger partial charge in [0, 0.05) is 11.4 Å². The maximum absolute atomic E-state index is 11.8. The molecule has 2 N–H and O–H groups in total. The number of rotatable bonds is 5. The maximum Gasteiger partial charge on any atom is 0.224 e. The molecule has 1 aromatic rings. The van der Waals surface area contributed by atoms with Crippen molar-refractivity contribution in [2.45, 2.75) is 38.4 Å². The van der Waals surface area contributed by atoms with E-state index in [-0.39, 0.29) is 21.9 Å². The Bertz CT molecular complexity index is 426. The lowest BCUT2D eigenvalue weighted by molar-refractivity contribution is -0.120. The van der Waals surface area contributed by atoms with Gasteiger partial charge in [0.2, 0.25) is 5.91 Å². The zero-order valence-electron chi connectivity index (χ0n) is 11.7. The zero-order chi connectivity index (χ0) is 14.5. The van der Waals surface area contributed by atoms with Gasteiger partial charge in [-0.2, -0.15) is 0 Å². The summed E-state index contributed by atoms with van der Waals surface area (Å²) < 4.78 is 0. The van der Waals surface area contributed by atoms with Crippen LogP contribution in [0.1, 0.15) is 32.8 Å². The number of phenols is 1. The number of hydrogen-bond acceptors (Lipinski definition) is 2. The summed E-state index contributed by atoms with van der Waals surface area (Å²) in [4.78, 5) is 12.1. The lowest BCUT2D eigenvalue weighted by Crippen LogP contribution is -2.32. The molecule has 4 heteroatoms. The molecule has 0 radical (unpaired) electrons. The Kier molecular flexibility index (Phi) is 5.85. The highest BCUT2D eigenvalue weighted by atomic mass is 79.9. The van der Waals surface area contributed by atoms with E-state index in [0.29, 0.717) is 13.0 Å². The van der Waals surface area contributed by atoms with Crippen molar-refractivity contribution >= 4 is 21.8 Å². The smallest absolute Gasteiger partial charge is 0.224 e. The summed E-state index contributed by atoms with van der Waals surface area (Å²) in [6.45, 7) is 7.15. The van der Waals surface area contributed by atoms with Crippen molar-refractivity contribution < 1.29 is 9.90 Å². The summed E-state index contributed by atoms with van der Waals surface area (Å²) in [5, 5.41) is 12.2. The van der Waals surface area contributed by atoms with E-state index in [9.17, 15) is 9.90 Å². The van der Waals surface area contributed by atoms with E-state index >= 15 is 0 Å². The van der Waals surface area contributed by atoms with Crippen molar-refractivity contribution in [3.8, 4) is 5.75 Å². The van der Waals surface area contributed by atoms with Gasteiger partial charge in [0.15, 0.2) is 0 Å². The number of benzene rings is 1. The minimum atomic E-state index is -0.0241. The number of alkyl halides is 1. The van der Waals surface area contributed by atoms with Crippen molar-refractivity contribution in [2.24, 2.45) is 5.41 Å². The third kappa shape index (κ3) is 7.21. The molecular formula is C15H22BrNO2. The number of hydrogen-bond donors (Lipinski definition) is 2. The van der Waals surface area contributed by atoms with E-state index in [2.05, 4.69) is 42.0 Å². The summed E-state index contributed by atoms with van der Waals surface area (Å²) in [5.41, 5.74) is 1.06. The average Bonchev–Trinajstić information content (AvgIpc) is 2.24. The molecule has 0 aliphatic carbocycles. The number of carbonyl (C=O) groups excluding carboxylic acids is 1. The number of phenolic OH excluding ortho intramolecular Hbond substituents is 1. The summed E-state index contributed by atoms with van der Waals surface area (Å²) in [7, 11) is 0. The standard InChI is InChI=1S/C15H22BrNO2/c1-15(2,3)9-12(16)10-17-14(19)8-11-5-4-6-13(18)7-11/h4-7,12,18H,8-10H2,1-3H3,(H,17,19). The highest BCUT2D eigenvalue weighted by Gasteiger charge is 2.17. The molecule has 0 aliphatic rings. The van der Waals surface area contributed by atoms with Crippen LogP contribution in [0.2, 0.25) is 0 Å². The molecule has 0 aromatic heterocycles. The molecule has 3 nitrogen and oxygen atoms in total. The fraction of sp³-hybridized carbons (Fsp3) is 0.533. The molecule has 0 fully saturated rings. The fourth-order valence-corrected chi connectivity index (χ4v) is 3.01. The van der Waals surface area contributed by atoms with Crippen LogP contribution in [0.15, 0.2) is 24.3 Å². The van der Waals surface area contributed by atoms with Crippen LogP contribution in [0.25, 0.3) is 0 Å². The predicted octanol–water partition coefficient (Wildman–Crippen LogP) is 3.25. The van der Waals surface area contributed by atoms with Crippen LogP contribution in [0.5, 0.6) is 5.75 Å². The molecule has 1 unspecified atom stereocenters. The van der Waals surface area contributed by atoms with Gasteiger partial charge in [-0.05, 0) is 29.5 Å². The van der Waals surface area contributed by atoms with E-state index in [1.54, 1.807) is 18.2 Å². The van der Waals surface area contributed by atoms with E-state index in [1.165, 1.54) is 0 Å². The molecule has 0 aliphatic heterocycles. The molecule has 0 heterocycles. The van der Waals surface area contributed by atoms with Gasteiger partial charge in [0.1, 0.15) is 5.75 Å². The Morgan fingerprint density at radius 1 is 1.42 bits per heavy atom. The Morgan fingerprint density at radius 3 is 2.68 bits per heavy atom. The van der Waals surface area contributed by atoms with Crippen molar-refractivity contribution in [1.29, 1.82) is 0 Å². The molecule has 106 valence electrons. The Balaban J connectivity index is 2.36. The van der Waals surface area contributed by atoms with Crippen molar-refractivity contribution in [1.82, 2.24) is 5.32 Å². The number of amides is 1. The van der Waals surface area contributed by atoms with Gasteiger partial charge in [-0.3, -0.25) is 4.79 Å². The second-order valence-electron chi connectivity index (χ2n) is 6.01. The largest absolute Gasteiger partial charge is 0.508 e. The third-order valence-corrected chi connectivity index (χ3v) is 3.28. The van der Waals surface area contributed by atoms with E-state index in [4.69, 9.17) is 0 Å². The molecule has 1 aromatic carbocycles. The SMILES string of the molecule is CC(C)(C)CC(Br)CNC(=O)Cc1cccc(O)c1.